The standard InChI is InChI=1S/C24H27FN6O2/c1-33-17-8-6-14(7-9-17)15-10-16(13-28-12-15)29-23-18(22(27)32)11-19(25)24(31-23)30-21-5-3-2-4-20(21)26/h6-13,20-21H,2-5,26H2,1H3,(H2,27,32)(H2,29,30,31)/t20-,21+/m0/s1. The number of nitrogens with zero attached hydrogens (tertiary/aromatic N) is 2. The lowest BCUT2D eigenvalue weighted by molar-refractivity contribution is 0.100. The molecule has 33 heavy (non-hydrogen) atoms. The number of primary amides is 1. The van der Waals surface area contributed by atoms with Crippen LogP contribution < -0.4 is 26.8 Å². The first-order chi connectivity index (χ1) is 15.9. The van der Waals surface area contributed by atoms with Crippen LogP contribution in [-0.4, -0.2) is 35.1 Å². The molecule has 172 valence electrons. The van der Waals surface area contributed by atoms with Crippen molar-refractivity contribution in [2.75, 3.05) is 17.7 Å². The Morgan fingerprint density at radius 1 is 1.09 bits per heavy atom. The van der Waals surface area contributed by atoms with Gasteiger partial charge in [-0.05, 0) is 42.7 Å². The van der Waals surface area contributed by atoms with Gasteiger partial charge in [-0.2, -0.15) is 0 Å². The van der Waals surface area contributed by atoms with Crippen LogP contribution >= 0.6 is 0 Å². The SMILES string of the molecule is COc1ccc(-c2cncc(Nc3nc(N[C@@H]4CCCC[C@@H]4N)c(F)cc3C(N)=O)c2)cc1. The third-order valence-corrected chi connectivity index (χ3v) is 5.81. The molecule has 3 aromatic rings. The molecule has 0 radical (unpaired) electrons. The summed E-state index contributed by atoms with van der Waals surface area (Å²) in [4.78, 5) is 20.6. The van der Waals surface area contributed by atoms with Crippen LogP contribution in [-0.2, 0) is 0 Å². The number of methoxy groups -OCH3 is 1. The van der Waals surface area contributed by atoms with E-state index in [1.54, 1.807) is 19.5 Å². The molecule has 4 rings (SSSR count). The Morgan fingerprint density at radius 2 is 1.85 bits per heavy atom. The van der Waals surface area contributed by atoms with Crippen molar-refractivity contribution in [2.24, 2.45) is 11.5 Å². The van der Waals surface area contributed by atoms with Gasteiger partial charge in [0.15, 0.2) is 11.6 Å². The number of aromatic nitrogens is 2. The molecular weight excluding hydrogens is 423 g/mol. The highest BCUT2D eigenvalue weighted by molar-refractivity contribution is 5.98. The molecule has 6 N–H and O–H groups in total. The van der Waals surface area contributed by atoms with Crippen LogP contribution in [0.2, 0.25) is 0 Å². The zero-order chi connectivity index (χ0) is 23.4. The number of anilines is 3. The number of carbonyl (C=O) groups is 1. The van der Waals surface area contributed by atoms with Crippen LogP contribution in [0, 0.1) is 5.82 Å². The lowest BCUT2D eigenvalue weighted by atomic mass is 9.91. The molecule has 8 nitrogen and oxygen atoms in total. The molecule has 0 aliphatic heterocycles. The van der Waals surface area contributed by atoms with Gasteiger partial charge in [-0.25, -0.2) is 9.37 Å². The number of nitrogens with two attached hydrogens (primary N) is 2. The number of hydrogen-bond donors (Lipinski definition) is 4. The molecule has 2 atom stereocenters. The minimum atomic E-state index is -0.788. The highest BCUT2D eigenvalue weighted by atomic mass is 19.1. The number of benzene rings is 1. The minimum absolute atomic E-state index is 0.0316. The molecule has 2 aromatic heterocycles. The van der Waals surface area contributed by atoms with Crippen molar-refractivity contribution in [1.29, 1.82) is 0 Å². The Bertz CT molecular complexity index is 1140. The first-order valence-corrected chi connectivity index (χ1v) is 10.8. The van der Waals surface area contributed by atoms with E-state index < -0.39 is 11.7 Å². The molecule has 1 aromatic carbocycles. The second-order valence-electron chi connectivity index (χ2n) is 8.09. The van der Waals surface area contributed by atoms with Crippen LogP contribution in [0.15, 0.2) is 48.8 Å². The van der Waals surface area contributed by atoms with Gasteiger partial charge in [0.25, 0.3) is 5.91 Å². The number of pyridine rings is 2. The van der Waals surface area contributed by atoms with E-state index in [1.807, 2.05) is 30.3 Å². The molecule has 0 spiro atoms. The van der Waals surface area contributed by atoms with Gasteiger partial charge in [-0.15, -0.1) is 0 Å². The summed E-state index contributed by atoms with van der Waals surface area (Å²) in [6.45, 7) is 0. The van der Waals surface area contributed by atoms with Crippen LogP contribution in [0.4, 0.5) is 21.7 Å². The Labute approximate surface area is 191 Å². The summed E-state index contributed by atoms with van der Waals surface area (Å²) in [6.07, 6.45) is 7.08. The second kappa shape index (κ2) is 9.83. The summed E-state index contributed by atoms with van der Waals surface area (Å²) < 4.78 is 19.9. The summed E-state index contributed by atoms with van der Waals surface area (Å²) in [5.74, 6) is -0.518. The van der Waals surface area contributed by atoms with Gasteiger partial charge in [0.1, 0.15) is 11.6 Å². The van der Waals surface area contributed by atoms with E-state index in [2.05, 4.69) is 20.6 Å². The third kappa shape index (κ3) is 5.20. The van der Waals surface area contributed by atoms with Crippen LogP contribution in [0.5, 0.6) is 5.75 Å². The maximum absolute atomic E-state index is 14.7. The zero-order valence-electron chi connectivity index (χ0n) is 18.3. The molecule has 0 bridgehead atoms. The predicted molar refractivity (Wildman–Crippen MR) is 126 cm³/mol. The summed E-state index contributed by atoms with van der Waals surface area (Å²) in [5, 5.41) is 6.17. The lowest BCUT2D eigenvalue weighted by Gasteiger charge is -2.30. The molecule has 1 saturated carbocycles. The lowest BCUT2D eigenvalue weighted by Crippen LogP contribution is -2.43. The number of halogens is 1. The Balaban J connectivity index is 1.63. The van der Waals surface area contributed by atoms with Crippen molar-refractivity contribution in [3.8, 4) is 16.9 Å². The fourth-order valence-electron chi connectivity index (χ4n) is 3.97. The van der Waals surface area contributed by atoms with Gasteiger partial charge in [0, 0.05) is 23.8 Å². The van der Waals surface area contributed by atoms with Crippen molar-refractivity contribution < 1.29 is 13.9 Å². The normalized spacial score (nSPS) is 17.9. The molecule has 1 amide bonds. The van der Waals surface area contributed by atoms with Gasteiger partial charge in [0.05, 0.1) is 24.6 Å². The largest absolute Gasteiger partial charge is 0.497 e. The van der Waals surface area contributed by atoms with E-state index >= 15 is 0 Å². The first-order valence-electron chi connectivity index (χ1n) is 10.8. The average molecular weight is 451 g/mol. The second-order valence-corrected chi connectivity index (χ2v) is 8.09. The van der Waals surface area contributed by atoms with E-state index in [0.717, 1.165) is 48.6 Å². The van der Waals surface area contributed by atoms with E-state index in [0.29, 0.717) is 5.69 Å². The van der Waals surface area contributed by atoms with E-state index in [9.17, 15) is 9.18 Å². The van der Waals surface area contributed by atoms with Crippen molar-refractivity contribution in [3.05, 3.63) is 60.2 Å². The van der Waals surface area contributed by atoms with Gasteiger partial charge >= 0.3 is 0 Å². The van der Waals surface area contributed by atoms with Crippen molar-refractivity contribution in [1.82, 2.24) is 9.97 Å². The van der Waals surface area contributed by atoms with Crippen molar-refractivity contribution in [3.63, 3.8) is 0 Å². The van der Waals surface area contributed by atoms with Crippen LogP contribution in [0.1, 0.15) is 36.0 Å². The van der Waals surface area contributed by atoms with Gasteiger partial charge < -0.3 is 26.8 Å². The summed E-state index contributed by atoms with van der Waals surface area (Å²) in [6, 6.07) is 10.3. The van der Waals surface area contributed by atoms with E-state index in [1.165, 1.54) is 0 Å². The number of rotatable bonds is 7. The number of hydrogen-bond acceptors (Lipinski definition) is 7. The fraction of sp³-hybridized carbons (Fsp3) is 0.292. The molecule has 2 heterocycles. The number of amides is 1. The number of nitrogens with one attached hydrogen (secondary N) is 2. The smallest absolute Gasteiger partial charge is 0.252 e. The molecular formula is C24H27FN6O2. The van der Waals surface area contributed by atoms with Gasteiger partial charge in [0.2, 0.25) is 0 Å². The highest BCUT2D eigenvalue weighted by Gasteiger charge is 2.24. The van der Waals surface area contributed by atoms with Gasteiger partial charge in [-0.1, -0.05) is 25.0 Å². The number of ether oxygens (including phenoxy) is 1. The summed E-state index contributed by atoms with van der Waals surface area (Å²) >= 11 is 0. The molecule has 1 aliphatic carbocycles. The maximum Gasteiger partial charge on any atom is 0.252 e. The monoisotopic (exact) mass is 450 g/mol. The minimum Gasteiger partial charge on any atom is -0.497 e. The van der Waals surface area contributed by atoms with E-state index in [-0.39, 0.29) is 29.3 Å². The van der Waals surface area contributed by atoms with Gasteiger partial charge in [-0.3, -0.25) is 9.78 Å². The maximum atomic E-state index is 14.7. The summed E-state index contributed by atoms with van der Waals surface area (Å²) in [5.41, 5.74) is 14.0. The molecule has 0 unspecified atom stereocenters. The van der Waals surface area contributed by atoms with Crippen molar-refractivity contribution in [2.45, 2.75) is 37.8 Å². The first kappa shape index (κ1) is 22.5. The quantitative estimate of drug-likeness (QED) is 0.431. The third-order valence-electron chi connectivity index (χ3n) is 5.81. The Kier molecular flexibility index (Phi) is 6.69. The van der Waals surface area contributed by atoms with E-state index in [4.69, 9.17) is 16.2 Å². The predicted octanol–water partition coefficient (Wildman–Crippen LogP) is 3.82. The average Bonchev–Trinajstić information content (AvgIpc) is 2.82. The Morgan fingerprint density at radius 3 is 2.55 bits per heavy atom. The molecule has 1 fully saturated rings. The zero-order valence-corrected chi connectivity index (χ0v) is 18.3. The van der Waals surface area contributed by atoms with Crippen molar-refractivity contribution >= 4 is 23.2 Å². The summed E-state index contributed by atoms with van der Waals surface area (Å²) in [7, 11) is 1.61. The van der Waals surface area contributed by atoms with Crippen LogP contribution in [0.3, 0.4) is 0 Å². The number of carbonyl (C=O) groups excluding carboxylic acids is 1. The fourth-order valence-corrected chi connectivity index (χ4v) is 3.97. The molecule has 1 aliphatic rings. The molecule has 9 heteroatoms. The topological polar surface area (TPSA) is 128 Å². The Hall–Kier alpha value is -3.72. The molecule has 0 saturated heterocycles. The van der Waals surface area contributed by atoms with Crippen LogP contribution in [0.25, 0.3) is 11.1 Å². The highest BCUT2D eigenvalue weighted by Crippen LogP contribution is 2.29.